The highest BCUT2D eigenvalue weighted by Crippen LogP contribution is 2.22. The molecule has 0 unspecified atom stereocenters. The fraction of sp³-hybridized carbons (Fsp3) is 0.900. The number of halogens is 3. The topological polar surface area (TPSA) is 29.1 Å². The number of carbonyl (C=O) groups is 1. The van der Waals surface area contributed by atoms with Gasteiger partial charge in [0.15, 0.2) is 0 Å². The van der Waals surface area contributed by atoms with Gasteiger partial charge in [0.2, 0.25) is 0 Å². The fourth-order valence-corrected chi connectivity index (χ4v) is 1.31. The molecule has 1 aliphatic rings. The van der Waals surface area contributed by atoms with E-state index in [9.17, 15) is 18.0 Å². The molecule has 0 heterocycles. The summed E-state index contributed by atoms with van der Waals surface area (Å²) in [5.41, 5.74) is 0. The molecule has 0 atom stereocenters. The van der Waals surface area contributed by atoms with Gasteiger partial charge in [-0.25, -0.2) is 0 Å². The number of ketones is 1. The molecular weight excluding hydrogens is 207 g/mol. The first kappa shape index (κ1) is 12.5. The molecule has 0 aromatic heterocycles. The van der Waals surface area contributed by atoms with Crippen molar-refractivity contribution in [1.82, 2.24) is 5.32 Å². The molecule has 1 fully saturated rings. The summed E-state index contributed by atoms with van der Waals surface area (Å²) < 4.78 is 35.2. The average Bonchev–Trinajstić information content (AvgIpc) is 2.85. The first-order valence-electron chi connectivity index (χ1n) is 5.29. The molecule has 0 bridgehead atoms. The monoisotopic (exact) mass is 223 g/mol. The van der Waals surface area contributed by atoms with Gasteiger partial charge in [-0.1, -0.05) is 0 Å². The standard InChI is InChI=1S/C10H16F3NO/c11-10(12,13)6-1-2-9(15)5-7-14-8-3-4-8/h8,14H,1-7H2. The van der Waals surface area contributed by atoms with Crippen LogP contribution in [-0.2, 0) is 4.79 Å². The normalized spacial score (nSPS) is 16.7. The van der Waals surface area contributed by atoms with Crippen molar-refractivity contribution >= 4 is 5.78 Å². The predicted octanol–water partition coefficient (Wildman–Crippen LogP) is 2.43. The molecule has 88 valence electrons. The van der Waals surface area contributed by atoms with Gasteiger partial charge in [0.05, 0.1) is 0 Å². The van der Waals surface area contributed by atoms with Gasteiger partial charge in [0, 0.05) is 31.8 Å². The van der Waals surface area contributed by atoms with Crippen LogP contribution in [0.25, 0.3) is 0 Å². The quantitative estimate of drug-likeness (QED) is 0.718. The van der Waals surface area contributed by atoms with Crippen molar-refractivity contribution in [3.05, 3.63) is 0 Å². The van der Waals surface area contributed by atoms with Gasteiger partial charge in [-0.2, -0.15) is 13.2 Å². The Kier molecular flexibility index (Phi) is 4.57. The van der Waals surface area contributed by atoms with Gasteiger partial charge in [-0.05, 0) is 19.3 Å². The highest BCUT2D eigenvalue weighted by molar-refractivity contribution is 5.78. The minimum atomic E-state index is -4.13. The lowest BCUT2D eigenvalue weighted by Gasteiger charge is -2.05. The van der Waals surface area contributed by atoms with Crippen molar-refractivity contribution in [1.29, 1.82) is 0 Å². The van der Waals surface area contributed by atoms with Crippen LogP contribution in [0.1, 0.15) is 38.5 Å². The Morgan fingerprint density at radius 2 is 1.93 bits per heavy atom. The third-order valence-electron chi connectivity index (χ3n) is 2.33. The van der Waals surface area contributed by atoms with Crippen molar-refractivity contribution in [3.8, 4) is 0 Å². The van der Waals surface area contributed by atoms with Crippen LogP contribution in [0.2, 0.25) is 0 Å². The summed E-state index contributed by atoms with van der Waals surface area (Å²) in [6.07, 6.45) is -2.35. The zero-order valence-corrected chi connectivity index (χ0v) is 8.57. The number of hydrogen-bond acceptors (Lipinski definition) is 2. The maximum atomic E-state index is 11.7. The molecule has 0 saturated heterocycles. The Bertz CT molecular complexity index is 211. The molecule has 15 heavy (non-hydrogen) atoms. The van der Waals surface area contributed by atoms with Crippen molar-refractivity contribution in [3.63, 3.8) is 0 Å². The molecule has 2 nitrogen and oxygen atoms in total. The van der Waals surface area contributed by atoms with Crippen LogP contribution >= 0.6 is 0 Å². The van der Waals surface area contributed by atoms with E-state index in [1.807, 2.05) is 0 Å². The Balaban J connectivity index is 1.93. The van der Waals surface area contributed by atoms with Gasteiger partial charge >= 0.3 is 6.18 Å². The highest BCUT2D eigenvalue weighted by atomic mass is 19.4. The molecule has 1 aliphatic carbocycles. The Labute approximate surface area is 87.2 Å². The largest absolute Gasteiger partial charge is 0.389 e. The predicted molar refractivity (Wildman–Crippen MR) is 50.6 cm³/mol. The minimum absolute atomic E-state index is 0.0475. The van der Waals surface area contributed by atoms with Crippen LogP contribution in [-0.4, -0.2) is 24.5 Å². The fourth-order valence-electron chi connectivity index (χ4n) is 1.31. The second-order valence-electron chi connectivity index (χ2n) is 3.99. The third kappa shape index (κ3) is 7.36. The second-order valence-corrected chi connectivity index (χ2v) is 3.99. The minimum Gasteiger partial charge on any atom is -0.314 e. The summed E-state index contributed by atoms with van der Waals surface area (Å²) in [5.74, 6) is -0.0765. The van der Waals surface area contributed by atoms with Crippen molar-refractivity contribution in [2.24, 2.45) is 0 Å². The van der Waals surface area contributed by atoms with Gasteiger partial charge in [0.1, 0.15) is 5.78 Å². The van der Waals surface area contributed by atoms with E-state index in [0.29, 0.717) is 19.0 Å². The van der Waals surface area contributed by atoms with Crippen LogP contribution in [0.5, 0.6) is 0 Å². The third-order valence-corrected chi connectivity index (χ3v) is 2.33. The van der Waals surface area contributed by atoms with E-state index in [1.54, 1.807) is 0 Å². The molecule has 0 amide bonds. The summed E-state index contributed by atoms with van der Waals surface area (Å²) in [7, 11) is 0. The van der Waals surface area contributed by atoms with Crippen molar-refractivity contribution < 1.29 is 18.0 Å². The number of rotatable bonds is 7. The molecule has 0 radical (unpaired) electrons. The first-order chi connectivity index (χ1) is 6.97. The van der Waals surface area contributed by atoms with Crippen LogP contribution in [0.3, 0.4) is 0 Å². The van der Waals surface area contributed by atoms with E-state index >= 15 is 0 Å². The molecule has 1 N–H and O–H groups in total. The lowest BCUT2D eigenvalue weighted by molar-refractivity contribution is -0.137. The zero-order chi connectivity index (χ0) is 11.3. The van der Waals surface area contributed by atoms with Gasteiger partial charge in [0.25, 0.3) is 0 Å². The Morgan fingerprint density at radius 1 is 1.27 bits per heavy atom. The van der Waals surface area contributed by atoms with Crippen LogP contribution in [0, 0.1) is 0 Å². The summed E-state index contributed by atoms with van der Waals surface area (Å²) >= 11 is 0. The molecule has 0 aromatic rings. The zero-order valence-electron chi connectivity index (χ0n) is 8.57. The summed E-state index contributed by atoms with van der Waals surface area (Å²) in [6.45, 7) is 0.607. The van der Waals surface area contributed by atoms with Crippen molar-refractivity contribution in [2.45, 2.75) is 50.7 Å². The molecule has 5 heteroatoms. The number of carbonyl (C=O) groups excluding carboxylic acids is 1. The number of hydrogen-bond donors (Lipinski definition) is 1. The van der Waals surface area contributed by atoms with Gasteiger partial charge in [-0.15, -0.1) is 0 Å². The molecule has 0 aliphatic heterocycles. The van der Waals surface area contributed by atoms with Crippen molar-refractivity contribution in [2.75, 3.05) is 6.54 Å². The van der Waals surface area contributed by atoms with E-state index in [4.69, 9.17) is 0 Å². The molecule has 0 spiro atoms. The molecule has 1 saturated carbocycles. The van der Waals surface area contributed by atoms with E-state index in [2.05, 4.69) is 5.32 Å². The molecular formula is C10H16F3NO. The van der Waals surface area contributed by atoms with Crippen LogP contribution in [0.15, 0.2) is 0 Å². The van der Waals surface area contributed by atoms with Crippen LogP contribution < -0.4 is 5.32 Å². The molecule has 1 rings (SSSR count). The maximum Gasteiger partial charge on any atom is 0.389 e. The smallest absolute Gasteiger partial charge is 0.314 e. The average molecular weight is 223 g/mol. The number of Topliss-reactive ketones (excluding diaryl/α,β-unsaturated/α-hetero) is 1. The van der Waals surface area contributed by atoms with E-state index in [0.717, 1.165) is 12.8 Å². The SMILES string of the molecule is O=C(CCCC(F)(F)F)CCNC1CC1. The van der Waals surface area contributed by atoms with E-state index < -0.39 is 12.6 Å². The Morgan fingerprint density at radius 3 is 2.47 bits per heavy atom. The highest BCUT2D eigenvalue weighted by Gasteiger charge is 2.26. The summed E-state index contributed by atoms with van der Waals surface area (Å²) in [6, 6.07) is 0.549. The van der Waals surface area contributed by atoms with Gasteiger partial charge < -0.3 is 5.32 Å². The summed E-state index contributed by atoms with van der Waals surface area (Å²) in [5, 5.41) is 3.15. The van der Waals surface area contributed by atoms with E-state index in [-0.39, 0.29) is 18.6 Å². The first-order valence-corrected chi connectivity index (χ1v) is 5.29. The lowest BCUT2D eigenvalue weighted by atomic mass is 10.1. The number of alkyl halides is 3. The Hall–Kier alpha value is -0.580. The second kappa shape index (κ2) is 5.49. The summed E-state index contributed by atoms with van der Waals surface area (Å²) in [4.78, 5) is 11.1. The number of nitrogens with one attached hydrogen (secondary N) is 1. The van der Waals surface area contributed by atoms with Gasteiger partial charge in [-0.3, -0.25) is 4.79 Å². The molecule has 0 aromatic carbocycles. The maximum absolute atomic E-state index is 11.7. The van der Waals surface area contributed by atoms with E-state index in [1.165, 1.54) is 0 Å². The lowest BCUT2D eigenvalue weighted by Crippen LogP contribution is -2.20. The van der Waals surface area contributed by atoms with Crippen LogP contribution in [0.4, 0.5) is 13.2 Å².